The van der Waals surface area contributed by atoms with Gasteiger partial charge in [0.1, 0.15) is 5.54 Å². The predicted molar refractivity (Wildman–Crippen MR) is 85.1 cm³/mol. The van der Waals surface area contributed by atoms with E-state index in [-0.39, 0.29) is 31.1 Å². The number of piperidine rings is 1. The molecule has 0 saturated carbocycles. The maximum Gasteiger partial charge on any atom is 0.451 e. The first-order chi connectivity index (χ1) is 10.7. The van der Waals surface area contributed by atoms with Gasteiger partial charge in [0.25, 0.3) is 0 Å². The minimum Gasteiger partial charge on any atom is -0.480 e. The maximum atomic E-state index is 12.4. The lowest BCUT2D eigenvalue weighted by Crippen LogP contribution is -2.64. The third-order valence-corrected chi connectivity index (χ3v) is 4.21. The van der Waals surface area contributed by atoms with E-state index >= 15 is 0 Å². The number of carbonyl (C=O) groups excluding carboxylic acids is 1. The van der Waals surface area contributed by atoms with Gasteiger partial charge in [-0.05, 0) is 38.0 Å². The fraction of sp³-hybridized carbons (Fsp3) is 0.846. The van der Waals surface area contributed by atoms with Gasteiger partial charge in [0, 0.05) is 13.1 Å². The largest absolute Gasteiger partial charge is 0.480 e. The van der Waals surface area contributed by atoms with Gasteiger partial charge >= 0.3 is 13.1 Å². The minimum atomic E-state index is -1.55. The fourth-order valence-electron chi connectivity index (χ4n) is 2.96. The molecule has 0 bridgehead atoms. The molecular weight excluding hydrogens is 303 g/mol. The van der Waals surface area contributed by atoms with Gasteiger partial charge in [0.2, 0.25) is 5.91 Å². The van der Waals surface area contributed by atoms with Gasteiger partial charge < -0.3 is 37.3 Å². The van der Waals surface area contributed by atoms with Gasteiger partial charge in [-0.15, -0.1) is 0 Å². The van der Waals surface area contributed by atoms with Gasteiger partial charge in [0.05, 0.1) is 6.04 Å². The summed E-state index contributed by atoms with van der Waals surface area (Å²) >= 11 is 0. The number of carboxylic acids is 1. The molecule has 10 heteroatoms. The number of nitrogens with two attached hydrogens (primary N) is 3. The second-order valence-electron chi connectivity index (χ2n) is 6.35. The summed E-state index contributed by atoms with van der Waals surface area (Å²) in [4.78, 5) is 25.3. The number of rotatable bonds is 8. The van der Waals surface area contributed by atoms with Crippen molar-refractivity contribution in [1.82, 2.24) is 4.90 Å². The number of hydrogen-bond donors (Lipinski definition) is 6. The summed E-state index contributed by atoms with van der Waals surface area (Å²) in [6, 6.07) is -0.737. The molecule has 0 aromatic heterocycles. The molecule has 0 aliphatic carbocycles. The zero-order valence-corrected chi connectivity index (χ0v) is 13.2. The quantitative estimate of drug-likeness (QED) is 0.266. The highest BCUT2D eigenvalue weighted by Crippen LogP contribution is 2.28. The number of amides is 1. The molecule has 1 fully saturated rings. The summed E-state index contributed by atoms with van der Waals surface area (Å²) in [6.07, 6.45) is 1.67. The average Bonchev–Trinajstić information content (AvgIpc) is 2.49. The Kier molecular flexibility index (Phi) is 7.42. The predicted octanol–water partition coefficient (Wildman–Crippen LogP) is -2.45. The summed E-state index contributed by atoms with van der Waals surface area (Å²) in [7, 11) is -1.47. The van der Waals surface area contributed by atoms with Crippen molar-refractivity contribution in [2.45, 2.75) is 43.6 Å². The highest BCUT2D eigenvalue weighted by molar-refractivity contribution is 6.40. The van der Waals surface area contributed by atoms with E-state index in [1.807, 2.05) is 0 Å². The molecule has 1 aliphatic rings. The van der Waals surface area contributed by atoms with E-state index in [9.17, 15) is 14.7 Å². The Balaban J connectivity index is 2.80. The molecule has 0 aromatic carbocycles. The van der Waals surface area contributed by atoms with Gasteiger partial charge in [0.15, 0.2) is 0 Å². The fourth-order valence-corrected chi connectivity index (χ4v) is 2.96. The molecular formula is C13H27BN4O5. The SMILES string of the molecule is NCCCC(N)C(=O)N1C[C@@H](CCB(O)O)C[C@](N)(C(=O)O)C1. The lowest BCUT2D eigenvalue weighted by atomic mass is 9.75. The van der Waals surface area contributed by atoms with E-state index in [4.69, 9.17) is 27.2 Å². The number of aliphatic carboxylic acids is 1. The topological polar surface area (TPSA) is 176 Å². The molecule has 23 heavy (non-hydrogen) atoms. The van der Waals surface area contributed by atoms with Crippen LogP contribution in [-0.2, 0) is 9.59 Å². The number of hydrogen-bond acceptors (Lipinski definition) is 7. The first-order valence-corrected chi connectivity index (χ1v) is 7.82. The minimum absolute atomic E-state index is 0.0988. The molecule has 1 unspecified atom stereocenters. The Labute approximate surface area is 135 Å². The Hall–Kier alpha value is -1.20. The van der Waals surface area contributed by atoms with E-state index in [0.717, 1.165) is 0 Å². The van der Waals surface area contributed by atoms with Gasteiger partial charge in [-0.2, -0.15) is 0 Å². The van der Waals surface area contributed by atoms with Crippen molar-refractivity contribution >= 4 is 19.0 Å². The average molecular weight is 330 g/mol. The smallest absolute Gasteiger partial charge is 0.451 e. The summed E-state index contributed by atoms with van der Waals surface area (Å²) in [5.74, 6) is -1.75. The lowest BCUT2D eigenvalue weighted by Gasteiger charge is -2.42. The highest BCUT2D eigenvalue weighted by Gasteiger charge is 2.44. The van der Waals surface area contributed by atoms with E-state index < -0.39 is 24.7 Å². The molecule has 1 aliphatic heterocycles. The molecule has 0 aromatic rings. The van der Waals surface area contributed by atoms with Crippen LogP contribution in [0.3, 0.4) is 0 Å². The number of carbonyl (C=O) groups is 2. The van der Waals surface area contributed by atoms with Crippen LogP contribution in [0.1, 0.15) is 25.7 Å². The lowest BCUT2D eigenvalue weighted by molar-refractivity contribution is -0.149. The number of nitrogens with zero attached hydrogens (tertiary/aromatic N) is 1. The molecule has 0 spiro atoms. The van der Waals surface area contributed by atoms with Crippen LogP contribution in [0.25, 0.3) is 0 Å². The van der Waals surface area contributed by atoms with Gasteiger partial charge in [-0.1, -0.05) is 6.42 Å². The van der Waals surface area contributed by atoms with Crippen LogP contribution < -0.4 is 17.2 Å². The van der Waals surface area contributed by atoms with Crippen LogP contribution in [0.5, 0.6) is 0 Å². The Morgan fingerprint density at radius 2 is 2.04 bits per heavy atom. The van der Waals surface area contributed by atoms with Crippen molar-refractivity contribution in [2.75, 3.05) is 19.6 Å². The van der Waals surface area contributed by atoms with E-state index in [0.29, 0.717) is 32.4 Å². The first kappa shape index (κ1) is 19.9. The molecule has 1 rings (SSSR count). The highest BCUT2D eigenvalue weighted by atomic mass is 16.4. The number of likely N-dealkylation sites (tertiary alicyclic amines) is 1. The Morgan fingerprint density at radius 1 is 1.39 bits per heavy atom. The molecule has 9 N–H and O–H groups in total. The van der Waals surface area contributed by atoms with E-state index in [1.165, 1.54) is 4.90 Å². The van der Waals surface area contributed by atoms with E-state index in [2.05, 4.69) is 0 Å². The standard InChI is InChI=1S/C13H27BN4O5/c15-5-1-2-10(16)11(19)18-7-9(3-4-14(22)23)6-13(17,8-18)12(20)21/h9-10,22-23H,1-8,15-17H2,(H,20,21)/t9-,10?,13+/m0/s1. The molecule has 0 radical (unpaired) electrons. The van der Waals surface area contributed by atoms with Crippen LogP contribution >= 0.6 is 0 Å². The maximum absolute atomic E-state index is 12.4. The van der Waals surface area contributed by atoms with Gasteiger partial charge in [-0.3, -0.25) is 9.59 Å². The summed E-state index contributed by atoms with van der Waals surface area (Å²) in [5.41, 5.74) is 15.7. The van der Waals surface area contributed by atoms with Crippen LogP contribution in [0, 0.1) is 5.92 Å². The third kappa shape index (κ3) is 5.74. The first-order valence-electron chi connectivity index (χ1n) is 7.82. The second-order valence-corrected chi connectivity index (χ2v) is 6.35. The summed E-state index contributed by atoms with van der Waals surface area (Å²) < 4.78 is 0. The van der Waals surface area contributed by atoms with E-state index in [1.54, 1.807) is 0 Å². The second kappa shape index (κ2) is 8.60. The van der Waals surface area contributed by atoms with Crippen molar-refractivity contribution in [1.29, 1.82) is 0 Å². The van der Waals surface area contributed by atoms with Crippen molar-refractivity contribution in [3.63, 3.8) is 0 Å². The molecule has 1 heterocycles. The zero-order chi connectivity index (χ0) is 17.6. The zero-order valence-electron chi connectivity index (χ0n) is 13.2. The normalized spacial score (nSPS) is 26.0. The summed E-state index contributed by atoms with van der Waals surface area (Å²) in [5, 5.41) is 27.3. The van der Waals surface area contributed by atoms with Crippen molar-refractivity contribution in [3.05, 3.63) is 0 Å². The third-order valence-electron chi connectivity index (χ3n) is 4.21. The Morgan fingerprint density at radius 3 is 2.57 bits per heavy atom. The Bertz CT molecular complexity index is 425. The molecule has 9 nitrogen and oxygen atoms in total. The van der Waals surface area contributed by atoms with Crippen molar-refractivity contribution in [2.24, 2.45) is 23.1 Å². The molecule has 3 atom stereocenters. The molecule has 132 valence electrons. The van der Waals surface area contributed by atoms with Crippen LogP contribution in [0.15, 0.2) is 0 Å². The van der Waals surface area contributed by atoms with Crippen molar-refractivity contribution < 1.29 is 24.7 Å². The monoisotopic (exact) mass is 330 g/mol. The van der Waals surface area contributed by atoms with Crippen molar-refractivity contribution in [3.8, 4) is 0 Å². The van der Waals surface area contributed by atoms with Crippen LogP contribution in [0.2, 0.25) is 6.32 Å². The van der Waals surface area contributed by atoms with Gasteiger partial charge in [-0.25, -0.2) is 0 Å². The van der Waals surface area contributed by atoms with Crippen LogP contribution in [-0.4, -0.2) is 70.3 Å². The molecule has 1 amide bonds. The summed E-state index contributed by atoms with van der Waals surface area (Å²) in [6.45, 7) is 0.637. The number of carboxylic acid groups (broad SMARTS) is 1. The van der Waals surface area contributed by atoms with Crippen LogP contribution in [0.4, 0.5) is 0 Å². The molecule has 1 saturated heterocycles.